The van der Waals surface area contributed by atoms with Gasteiger partial charge in [-0.2, -0.15) is 5.10 Å². The van der Waals surface area contributed by atoms with Crippen molar-refractivity contribution < 1.29 is 0 Å². The molecule has 0 spiro atoms. The highest BCUT2D eigenvalue weighted by Gasteiger charge is 2.13. The van der Waals surface area contributed by atoms with Gasteiger partial charge in [-0.05, 0) is 11.1 Å². The normalized spacial score (nSPS) is 10.6. The molecule has 0 aliphatic carbocycles. The molecule has 3 aromatic carbocycles. The Bertz CT molecular complexity index is 1000. The lowest BCUT2D eigenvalue weighted by atomic mass is 10.1. The fourth-order valence-electron chi connectivity index (χ4n) is 2.89. The molecule has 0 amide bonds. The van der Waals surface area contributed by atoms with Crippen molar-refractivity contribution in [2.75, 3.05) is 0 Å². The highest BCUT2D eigenvalue weighted by Crippen LogP contribution is 2.23. The maximum Gasteiger partial charge on any atom is 0.181 e. The Morgan fingerprint density at radius 2 is 1.38 bits per heavy atom. The average molecular weight is 337 g/mol. The molecule has 0 saturated carbocycles. The molecule has 4 rings (SSSR count). The SMILES string of the molecule is C=Cc1ccc(Cn2nc(-c3ccccc3)nc2-c2ccccc2)cc1. The molecule has 0 N–H and O–H groups in total. The minimum atomic E-state index is 0.668. The van der Waals surface area contributed by atoms with E-state index in [1.165, 1.54) is 5.56 Å². The molecule has 1 aromatic heterocycles. The monoisotopic (exact) mass is 337 g/mol. The fourth-order valence-corrected chi connectivity index (χ4v) is 2.89. The molecule has 126 valence electrons. The Labute approximate surface area is 153 Å². The predicted molar refractivity (Wildman–Crippen MR) is 107 cm³/mol. The minimum Gasteiger partial charge on any atom is -0.241 e. The van der Waals surface area contributed by atoms with Gasteiger partial charge in [0.2, 0.25) is 0 Å². The van der Waals surface area contributed by atoms with Gasteiger partial charge in [0.25, 0.3) is 0 Å². The summed E-state index contributed by atoms with van der Waals surface area (Å²) in [6.45, 7) is 4.48. The van der Waals surface area contributed by atoms with Crippen LogP contribution in [-0.2, 0) is 6.54 Å². The van der Waals surface area contributed by atoms with E-state index in [1.54, 1.807) is 0 Å². The van der Waals surface area contributed by atoms with Crippen LogP contribution in [0.3, 0.4) is 0 Å². The summed E-state index contributed by atoms with van der Waals surface area (Å²) in [5.74, 6) is 1.62. The van der Waals surface area contributed by atoms with Gasteiger partial charge in [-0.25, -0.2) is 9.67 Å². The molecule has 1 heterocycles. The van der Waals surface area contributed by atoms with Crippen LogP contribution in [0.15, 0.2) is 91.5 Å². The molecule has 0 aliphatic rings. The highest BCUT2D eigenvalue weighted by molar-refractivity contribution is 5.61. The molecular formula is C23H19N3. The average Bonchev–Trinajstić information content (AvgIpc) is 3.14. The summed E-state index contributed by atoms with van der Waals surface area (Å²) in [4.78, 5) is 4.82. The van der Waals surface area contributed by atoms with Gasteiger partial charge in [-0.15, -0.1) is 0 Å². The zero-order valence-electron chi connectivity index (χ0n) is 14.4. The predicted octanol–water partition coefficient (Wildman–Crippen LogP) is 5.30. The summed E-state index contributed by atoms with van der Waals surface area (Å²) >= 11 is 0. The number of benzene rings is 3. The van der Waals surface area contributed by atoms with Gasteiger partial charge in [0.05, 0.1) is 6.54 Å². The first kappa shape index (κ1) is 16.0. The zero-order valence-corrected chi connectivity index (χ0v) is 14.4. The Morgan fingerprint density at radius 1 is 0.769 bits per heavy atom. The van der Waals surface area contributed by atoms with Crippen LogP contribution in [0.5, 0.6) is 0 Å². The summed E-state index contributed by atoms with van der Waals surface area (Å²) in [6, 6.07) is 28.6. The standard InChI is InChI=1S/C23H19N3/c1-2-18-13-15-19(16-14-18)17-26-23(21-11-7-4-8-12-21)24-22(25-26)20-9-5-3-6-10-20/h2-16H,1,17H2. The topological polar surface area (TPSA) is 30.7 Å². The first-order valence-corrected chi connectivity index (χ1v) is 8.60. The third-order valence-corrected chi connectivity index (χ3v) is 4.28. The van der Waals surface area contributed by atoms with Crippen molar-refractivity contribution in [2.45, 2.75) is 6.54 Å². The number of rotatable bonds is 5. The second-order valence-electron chi connectivity index (χ2n) is 6.09. The van der Waals surface area contributed by atoms with Crippen molar-refractivity contribution in [3.05, 3.63) is 103 Å². The van der Waals surface area contributed by atoms with E-state index in [9.17, 15) is 0 Å². The van der Waals surface area contributed by atoms with Crippen molar-refractivity contribution in [1.82, 2.24) is 14.8 Å². The summed E-state index contributed by atoms with van der Waals surface area (Å²) in [7, 11) is 0. The van der Waals surface area contributed by atoms with Crippen LogP contribution in [-0.4, -0.2) is 14.8 Å². The van der Waals surface area contributed by atoms with E-state index < -0.39 is 0 Å². The summed E-state index contributed by atoms with van der Waals surface area (Å²) in [5.41, 5.74) is 4.37. The quantitative estimate of drug-likeness (QED) is 0.494. The lowest BCUT2D eigenvalue weighted by Crippen LogP contribution is -2.04. The molecule has 0 saturated heterocycles. The van der Waals surface area contributed by atoms with Gasteiger partial charge in [0.15, 0.2) is 11.6 Å². The second kappa shape index (κ2) is 7.19. The number of aromatic nitrogens is 3. The minimum absolute atomic E-state index is 0.668. The largest absolute Gasteiger partial charge is 0.241 e. The summed E-state index contributed by atoms with van der Waals surface area (Å²) in [5, 5.41) is 4.78. The van der Waals surface area contributed by atoms with Gasteiger partial charge in [-0.3, -0.25) is 0 Å². The van der Waals surface area contributed by atoms with Crippen molar-refractivity contribution in [1.29, 1.82) is 0 Å². The Kier molecular flexibility index (Phi) is 4.44. The zero-order chi connectivity index (χ0) is 17.8. The molecule has 0 bridgehead atoms. The molecule has 0 atom stereocenters. The van der Waals surface area contributed by atoms with E-state index >= 15 is 0 Å². The molecule has 0 aliphatic heterocycles. The van der Waals surface area contributed by atoms with Crippen LogP contribution in [0.4, 0.5) is 0 Å². The molecule has 3 heteroatoms. The van der Waals surface area contributed by atoms with Crippen LogP contribution in [0.2, 0.25) is 0 Å². The second-order valence-corrected chi connectivity index (χ2v) is 6.09. The third kappa shape index (κ3) is 3.33. The highest BCUT2D eigenvalue weighted by atomic mass is 15.3. The van der Waals surface area contributed by atoms with Gasteiger partial charge in [-0.1, -0.05) is 97.6 Å². The molecular weight excluding hydrogens is 318 g/mol. The molecule has 3 nitrogen and oxygen atoms in total. The Morgan fingerprint density at radius 3 is 2.00 bits per heavy atom. The lowest BCUT2D eigenvalue weighted by Gasteiger charge is -2.06. The van der Waals surface area contributed by atoms with Crippen molar-refractivity contribution in [3.63, 3.8) is 0 Å². The Hall–Kier alpha value is -3.46. The van der Waals surface area contributed by atoms with Gasteiger partial charge in [0, 0.05) is 11.1 Å². The van der Waals surface area contributed by atoms with Crippen molar-refractivity contribution in [2.24, 2.45) is 0 Å². The van der Waals surface area contributed by atoms with Gasteiger partial charge >= 0.3 is 0 Å². The van der Waals surface area contributed by atoms with E-state index in [0.717, 1.165) is 28.3 Å². The van der Waals surface area contributed by atoms with Crippen LogP contribution >= 0.6 is 0 Å². The molecule has 0 unspecified atom stereocenters. The van der Waals surface area contributed by atoms with Crippen LogP contribution in [0, 0.1) is 0 Å². The maximum atomic E-state index is 4.82. The van der Waals surface area contributed by atoms with E-state index in [2.05, 4.69) is 43.0 Å². The maximum absolute atomic E-state index is 4.82. The van der Waals surface area contributed by atoms with E-state index in [0.29, 0.717) is 6.54 Å². The van der Waals surface area contributed by atoms with E-state index in [-0.39, 0.29) is 0 Å². The fraction of sp³-hybridized carbons (Fsp3) is 0.0435. The number of hydrogen-bond donors (Lipinski definition) is 0. The van der Waals surface area contributed by atoms with Gasteiger partial charge < -0.3 is 0 Å². The lowest BCUT2D eigenvalue weighted by molar-refractivity contribution is 0.695. The molecule has 26 heavy (non-hydrogen) atoms. The third-order valence-electron chi connectivity index (χ3n) is 4.28. The molecule has 0 radical (unpaired) electrons. The van der Waals surface area contributed by atoms with E-state index in [1.807, 2.05) is 59.3 Å². The number of nitrogens with zero attached hydrogens (tertiary/aromatic N) is 3. The molecule has 4 aromatic rings. The summed E-state index contributed by atoms with van der Waals surface area (Å²) < 4.78 is 1.97. The van der Waals surface area contributed by atoms with E-state index in [4.69, 9.17) is 10.1 Å². The van der Waals surface area contributed by atoms with Crippen molar-refractivity contribution in [3.8, 4) is 22.8 Å². The van der Waals surface area contributed by atoms with Gasteiger partial charge in [0.1, 0.15) is 0 Å². The Balaban J connectivity index is 1.76. The smallest absolute Gasteiger partial charge is 0.181 e. The van der Waals surface area contributed by atoms with Crippen LogP contribution < -0.4 is 0 Å². The first-order valence-electron chi connectivity index (χ1n) is 8.60. The first-order chi connectivity index (χ1) is 12.8. The van der Waals surface area contributed by atoms with Crippen molar-refractivity contribution >= 4 is 6.08 Å². The van der Waals surface area contributed by atoms with Crippen LogP contribution in [0.25, 0.3) is 28.9 Å². The summed E-state index contributed by atoms with van der Waals surface area (Å²) in [6.07, 6.45) is 1.85. The molecule has 0 fully saturated rings. The number of hydrogen-bond acceptors (Lipinski definition) is 2. The van der Waals surface area contributed by atoms with Crippen LogP contribution in [0.1, 0.15) is 11.1 Å².